The van der Waals surface area contributed by atoms with E-state index in [1.165, 1.54) is 10.9 Å². The molecule has 0 saturated carbocycles. The van der Waals surface area contributed by atoms with Gasteiger partial charge in [-0.3, -0.25) is 4.79 Å². The van der Waals surface area contributed by atoms with E-state index in [-0.39, 0.29) is 11.9 Å². The van der Waals surface area contributed by atoms with Crippen molar-refractivity contribution in [2.24, 2.45) is 0 Å². The predicted molar refractivity (Wildman–Crippen MR) is 106 cm³/mol. The maximum absolute atomic E-state index is 13.2. The second kappa shape index (κ2) is 6.83. The molecule has 0 radical (unpaired) electrons. The van der Waals surface area contributed by atoms with E-state index in [9.17, 15) is 4.79 Å². The first-order chi connectivity index (χ1) is 12.7. The van der Waals surface area contributed by atoms with Gasteiger partial charge in [-0.1, -0.05) is 55.5 Å². The lowest BCUT2D eigenvalue weighted by Crippen LogP contribution is -2.44. The van der Waals surface area contributed by atoms with Crippen LogP contribution in [0.2, 0.25) is 0 Å². The van der Waals surface area contributed by atoms with E-state index in [1.54, 1.807) is 0 Å². The van der Waals surface area contributed by atoms with Crippen molar-refractivity contribution < 1.29 is 9.53 Å². The second-order valence-corrected chi connectivity index (χ2v) is 6.91. The molecule has 0 saturated heterocycles. The molecule has 1 heterocycles. The Morgan fingerprint density at radius 3 is 2.62 bits per heavy atom. The Balaban J connectivity index is 1.59. The van der Waals surface area contributed by atoms with Gasteiger partial charge in [0, 0.05) is 11.7 Å². The second-order valence-electron chi connectivity index (χ2n) is 6.91. The Morgan fingerprint density at radius 1 is 1.08 bits per heavy atom. The zero-order valence-corrected chi connectivity index (χ0v) is 15.2. The van der Waals surface area contributed by atoms with Crippen LogP contribution in [0.1, 0.15) is 25.8 Å². The van der Waals surface area contributed by atoms with Gasteiger partial charge in [-0.25, -0.2) is 0 Å². The standard InChI is InChI=1S/C23H23NO2/c1-3-22(26-20-13-12-17-8-4-5-9-18(17)15-20)23(25)24-16(2)14-19-10-6-7-11-21(19)24/h4-13,15-16,22H,3,14H2,1-2H3/t16-,22-/m0/s1. The number of hydrogen-bond acceptors (Lipinski definition) is 2. The number of carbonyl (C=O) groups is 1. The van der Waals surface area contributed by atoms with Crippen LogP contribution in [0.4, 0.5) is 5.69 Å². The summed E-state index contributed by atoms with van der Waals surface area (Å²) in [6.45, 7) is 4.09. The Hall–Kier alpha value is -2.81. The monoisotopic (exact) mass is 345 g/mol. The van der Waals surface area contributed by atoms with Gasteiger partial charge in [-0.15, -0.1) is 0 Å². The lowest BCUT2D eigenvalue weighted by Gasteiger charge is -2.27. The minimum Gasteiger partial charge on any atom is -0.481 e. The molecule has 3 aromatic rings. The van der Waals surface area contributed by atoms with Crippen LogP contribution >= 0.6 is 0 Å². The number of rotatable bonds is 4. The Labute approximate surface area is 154 Å². The van der Waals surface area contributed by atoms with Crippen LogP contribution in [0.5, 0.6) is 5.75 Å². The lowest BCUT2D eigenvalue weighted by molar-refractivity contribution is -0.125. The maximum atomic E-state index is 13.2. The molecule has 0 aromatic heterocycles. The van der Waals surface area contributed by atoms with Gasteiger partial charge in [-0.05, 0) is 54.3 Å². The zero-order chi connectivity index (χ0) is 18.1. The number of carbonyl (C=O) groups excluding carboxylic acids is 1. The summed E-state index contributed by atoms with van der Waals surface area (Å²) in [5.41, 5.74) is 2.25. The third kappa shape index (κ3) is 2.94. The molecule has 4 rings (SSSR count). The van der Waals surface area contributed by atoms with Gasteiger partial charge in [0.1, 0.15) is 5.75 Å². The van der Waals surface area contributed by atoms with Crippen LogP contribution in [0.15, 0.2) is 66.7 Å². The minimum absolute atomic E-state index is 0.0399. The van der Waals surface area contributed by atoms with Crippen molar-refractivity contribution in [3.63, 3.8) is 0 Å². The predicted octanol–water partition coefficient (Wildman–Crippen LogP) is 4.98. The van der Waals surface area contributed by atoms with Crippen LogP contribution in [-0.4, -0.2) is 18.1 Å². The van der Waals surface area contributed by atoms with Crippen LogP contribution in [-0.2, 0) is 11.2 Å². The summed E-state index contributed by atoms with van der Waals surface area (Å²) in [6, 6.07) is 22.5. The molecular formula is C23H23NO2. The number of para-hydroxylation sites is 1. The molecule has 1 aliphatic heterocycles. The highest BCUT2D eigenvalue weighted by molar-refractivity contribution is 5.99. The number of hydrogen-bond donors (Lipinski definition) is 0. The molecule has 0 fully saturated rings. The van der Waals surface area contributed by atoms with Crippen molar-refractivity contribution in [3.05, 3.63) is 72.3 Å². The summed E-state index contributed by atoms with van der Waals surface area (Å²) in [5, 5.41) is 2.29. The van der Waals surface area contributed by atoms with E-state index in [0.717, 1.165) is 23.2 Å². The molecule has 3 heteroatoms. The number of fused-ring (bicyclic) bond motifs is 2. The van der Waals surface area contributed by atoms with Crippen molar-refractivity contribution in [1.29, 1.82) is 0 Å². The third-order valence-electron chi connectivity index (χ3n) is 5.09. The largest absolute Gasteiger partial charge is 0.481 e. The van der Waals surface area contributed by atoms with E-state index in [2.05, 4.69) is 25.1 Å². The molecule has 0 bridgehead atoms. The molecule has 0 unspecified atom stereocenters. The van der Waals surface area contributed by atoms with Gasteiger partial charge < -0.3 is 9.64 Å². The SMILES string of the molecule is CC[C@H](Oc1ccc2ccccc2c1)C(=O)N1c2ccccc2C[C@@H]1C. The van der Waals surface area contributed by atoms with Crippen molar-refractivity contribution in [2.75, 3.05) is 4.90 Å². The van der Waals surface area contributed by atoms with Crippen molar-refractivity contribution in [1.82, 2.24) is 0 Å². The quantitative estimate of drug-likeness (QED) is 0.668. The maximum Gasteiger partial charge on any atom is 0.268 e. The molecule has 0 spiro atoms. The van der Waals surface area contributed by atoms with E-state index < -0.39 is 6.10 Å². The summed E-state index contributed by atoms with van der Waals surface area (Å²) < 4.78 is 6.12. The Bertz CT molecular complexity index is 950. The first-order valence-corrected chi connectivity index (χ1v) is 9.24. The summed E-state index contributed by atoms with van der Waals surface area (Å²) >= 11 is 0. The highest BCUT2D eigenvalue weighted by Crippen LogP contribution is 2.33. The highest BCUT2D eigenvalue weighted by atomic mass is 16.5. The lowest BCUT2D eigenvalue weighted by atomic mass is 10.1. The van der Waals surface area contributed by atoms with E-state index in [0.29, 0.717) is 6.42 Å². The summed E-state index contributed by atoms with van der Waals surface area (Å²) in [5.74, 6) is 0.780. The normalized spacial score (nSPS) is 17.2. The average molecular weight is 345 g/mol. The fourth-order valence-electron chi connectivity index (χ4n) is 3.77. The van der Waals surface area contributed by atoms with Crippen LogP contribution in [0, 0.1) is 0 Å². The van der Waals surface area contributed by atoms with Gasteiger partial charge >= 0.3 is 0 Å². The first-order valence-electron chi connectivity index (χ1n) is 9.24. The van der Waals surface area contributed by atoms with E-state index in [1.807, 2.05) is 60.4 Å². The van der Waals surface area contributed by atoms with E-state index >= 15 is 0 Å². The number of ether oxygens (including phenoxy) is 1. The molecule has 2 atom stereocenters. The van der Waals surface area contributed by atoms with Crippen molar-refractivity contribution >= 4 is 22.4 Å². The molecular weight excluding hydrogens is 322 g/mol. The molecule has 132 valence electrons. The molecule has 3 nitrogen and oxygen atoms in total. The number of nitrogens with zero attached hydrogens (tertiary/aromatic N) is 1. The molecule has 1 amide bonds. The molecule has 26 heavy (non-hydrogen) atoms. The van der Waals surface area contributed by atoms with Crippen molar-refractivity contribution in [2.45, 2.75) is 38.8 Å². The number of anilines is 1. The van der Waals surface area contributed by atoms with Crippen molar-refractivity contribution in [3.8, 4) is 5.75 Å². The number of amides is 1. The van der Waals surface area contributed by atoms with Gasteiger partial charge in [0.25, 0.3) is 5.91 Å². The van der Waals surface area contributed by atoms with Crippen LogP contribution < -0.4 is 9.64 Å². The topological polar surface area (TPSA) is 29.5 Å². The fraction of sp³-hybridized carbons (Fsp3) is 0.261. The smallest absolute Gasteiger partial charge is 0.268 e. The summed E-state index contributed by atoms with van der Waals surface area (Å²) in [7, 11) is 0. The molecule has 0 aliphatic carbocycles. The Morgan fingerprint density at radius 2 is 1.81 bits per heavy atom. The summed E-state index contributed by atoms with van der Waals surface area (Å²) in [4.78, 5) is 15.1. The van der Waals surface area contributed by atoms with Crippen LogP contribution in [0.25, 0.3) is 10.8 Å². The first kappa shape index (κ1) is 16.6. The van der Waals surface area contributed by atoms with Crippen LogP contribution in [0.3, 0.4) is 0 Å². The van der Waals surface area contributed by atoms with Gasteiger partial charge in [0.2, 0.25) is 0 Å². The molecule has 1 aliphatic rings. The number of benzene rings is 3. The van der Waals surface area contributed by atoms with E-state index in [4.69, 9.17) is 4.74 Å². The van der Waals surface area contributed by atoms with Gasteiger partial charge in [0.05, 0.1) is 0 Å². The minimum atomic E-state index is -0.482. The molecule has 0 N–H and O–H groups in total. The molecule has 3 aromatic carbocycles. The van der Waals surface area contributed by atoms with Gasteiger partial charge in [-0.2, -0.15) is 0 Å². The van der Waals surface area contributed by atoms with Gasteiger partial charge in [0.15, 0.2) is 6.10 Å². The fourth-order valence-corrected chi connectivity index (χ4v) is 3.77. The Kier molecular flexibility index (Phi) is 4.37. The average Bonchev–Trinajstić information content (AvgIpc) is 3.01. The highest BCUT2D eigenvalue weighted by Gasteiger charge is 2.34. The zero-order valence-electron chi connectivity index (χ0n) is 15.2. The summed E-state index contributed by atoms with van der Waals surface area (Å²) in [6.07, 6.45) is 1.05. The third-order valence-corrected chi connectivity index (χ3v) is 5.09.